The number of nitrogens with one attached hydrogen (secondary N) is 2. The zero-order chi connectivity index (χ0) is 20.5. The van der Waals surface area contributed by atoms with Gasteiger partial charge >= 0.3 is 0 Å². The van der Waals surface area contributed by atoms with Crippen molar-refractivity contribution in [3.63, 3.8) is 0 Å². The molecule has 0 atom stereocenters. The van der Waals surface area contributed by atoms with Gasteiger partial charge < -0.3 is 20.1 Å². The van der Waals surface area contributed by atoms with Gasteiger partial charge in [-0.15, -0.1) is 0 Å². The molecule has 0 unspecified atom stereocenters. The van der Waals surface area contributed by atoms with E-state index in [1.807, 2.05) is 6.07 Å². The van der Waals surface area contributed by atoms with E-state index in [4.69, 9.17) is 9.47 Å². The lowest BCUT2D eigenvalue weighted by Gasteiger charge is -2.27. The fourth-order valence-corrected chi connectivity index (χ4v) is 3.29. The number of methoxy groups -OCH3 is 1. The minimum Gasteiger partial charge on any atom is -0.494 e. The molecule has 6 nitrogen and oxygen atoms in total. The molecule has 1 fully saturated rings. The Morgan fingerprint density at radius 2 is 1.83 bits per heavy atom. The monoisotopic (exact) mass is 400 g/mol. The van der Waals surface area contributed by atoms with Crippen molar-refractivity contribution in [2.75, 3.05) is 40.5 Å². The zero-order valence-electron chi connectivity index (χ0n) is 17.1. The van der Waals surface area contributed by atoms with Crippen LogP contribution in [0.3, 0.4) is 0 Å². The Balaban J connectivity index is 1.54. The summed E-state index contributed by atoms with van der Waals surface area (Å²) in [6, 6.07) is 13.4. The summed E-state index contributed by atoms with van der Waals surface area (Å²) in [5, 5.41) is 6.57. The summed E-state index contributed by atoms with van der Waals surface area (Å²) in [4.78, 5) is 6.68. The molecule has 0 saturated carbocycles. The summed E-state index contributed by atoms with van der Waals surface area (Å²) in [5.41, 5.74) is 3.35. The van der Waals surface area contributed by atoms with E-state index < -0.39 is 0 Å². The van der Waals surface area contributed by atoms with Gasteiger partial charge in [0.05, 0.1) is 20.3 Å². The van der Waals surface area contributed by atoms with Gasteiger partial charge in [-0.25, -0.2) is 4.39 Å². The van der Waals surface area contributed by atoms with Gasteiger partial charge in [-0.3, -0.25) is 9.89 Å². The second-order valence-corrected chi connectivity index (χ2v) is 6.91. The van der Waals surface area contributed by atoms with Crippen LogP contribution in [0.4, 0.5) is 4.39 Å². The Morgan fingerprint density at radius 1 is 1.10 bits per heavy atom. The molecular formula is C22H29FN4O2. The molecule has 0 bridgehead atoms. The first-order valence-electron chi connectivity index (χ1n) is 9.83. The van der Waals surface area contributed by atoms with Gasteiger partial charge in [-0.05, 0) is 28.8 Å². The molecule has 156 valence electrons. The first-order valence-corrected chi connectivity index (χ1v) is 9.83. The Labute approximate surface area is 171 Å². The topological polar surface area (TPSA) is 58.1 Å². The van der Waals surface area contributed by atoms with Crippen LogP contribution in [0.1, 0.15) is 16.7 Å². The number of morpholine rings is 1. The van der Waals surface area contributed by atoms with E-state index in [9.17, 15) is 4.39 Å². The zero-order valence-corrected chi connectivity index (χ0v) is 17.1. The van der Waals surface area contributed by atoms with Crippen LogP contribution in [0.25, 0.3) is 0 Å². The summed E-state index contributed by atoms with van der Waals surface area (Å²) < 4.78 is 24.2. The van der Waals surface area contributed by atoms with Crippen LogP contribution in [0, 0.1) is 5.82 Å². The first-order chi connectivity index (χ1) is 14.2. The molecule has 2 aromatic rings. The molecule has 1 aliphatic rings. The van der Waals surface area contributed by atoms with Crippen molar-refractivity contribution in [3.05, 3.63) is 65.0 Å². The maximum Gasteiger partial charge on any atom is 0.191 e. The lowest BCUT2D eigenvalue weighted by molar-refractivity contribution is 0.0341. The van der Waals surface area contributed by atoms with E-state index in [1.165, 1.54) is 24.3 Å². The van der Waals surface area contributed by atoms with E-state index >= 15 is 0 Å². The van der Waals surface area contributed by atoms with Crippen molar-refractivity contribution in [2.24, 2.45) is 4.99 Å². The third-order valence-electron chi connectivity index (χ3n) is 4.96. The van der Waals surface area contributed by atoms with Crippen LogP contribution in [0.5, 0.6) is 5.75 Å². The van der Waals surface area contributed by atoms with Crippen LogP contribution in [-0.2, 0) is 24.4 Å². The maximum atomic E-state index is 13.9. The number of guanidine groups is 1. The van der Waals surface area contributed by atoms with Crippen LogP contribution >= 0.6 is 0 Å². The number of nitrogens with zero attached hydrogens (tertiary/aromatic N) is 2. The van der Waals surface area contributed by atoms with E-state index in [0.717, 1.165) is 38.4 Å². The largest absolute Gasteiger partial charge is 0.494 e. The Hall–Kier alpha value is -2.64. The highest BCUT2D eigenvalue weighted by molar-refractivity contribution is 5.79. The van der Waals surface area contributed by atoms with Crippen LogP contribution < -0.4 is 15.4 Å². The van der Waals surface area contributed by atoms with Crippen molar-refractivity contribution in [2.45, 2.75) is 19.6 Å². The normalized spacial score (nSPS) is 15.2. The lowest BCUT2D eigenvalue weighted by Crippen LogP contribution is -2.37. The van der Waals surface area contributed by atoms with Crippen molar-refractivity contribution < 1.29 is 13.9 Å². The van der Waals surface area contributed by atoms with Crippen molar-refractivity contribution in [3.8, 4) is 5.75 Å². The van der Waals surface area contributed by atoms with Crippen molar-refractivity contribution in [1.82, 2.24) is 15.5 Å². The van der Waals surface area contributed by atoms with Gasteiger partial charge in [0.15, 0.2) is 17.5 Å². The fourth-order valence-electron chi connectivity index (χ4n) is 3.29. The van der Waals surface area contributed by atoms with Crippen molar-refractivity contribution >= 4 is 5.96 Å². The molecule has 1 heterocycles. The molecule has 0 radical (unpaired) electrons. The van der Waals surface area contributed by atoms with Crippen LogP contribution in [0.15, 0.2) is 47.5 Å². The molecule has 1 aliphatic heterocycles. The van der Waals surface area contributed by atoms with Gasteiger partial charge in [0.2, 0.25) is 0 Å². The molecule has 0 amide bonds. The molecule has 29 heavy (non-hydrogen) atoms. The highest BCUT2D eigenvalue weighted by atomic mass is 19.1. The fraction of sp³-hybridized carbons (Fsp3) is 0.409. The van der Waals surface area contributed by atoms with Gasteiger partial charge in [0.1, 0.15) is 0 Å². The molecule has 1 saturated heterocycles. The average molecular weight is 400 g/mol. The van der Waals surface area contributed by atoms with E-state index in [1.54, 1.807) is 13.1 Å². The highest BCUT2D eigenvalue weighted by Gasteiger charge is 2.13. The number of rotatable bonds is 7. The Kier molecular flexibility index (Phi) is 7.84. The Bertz CT molecular complexity index is 822. The number of benzene rings is 2. The Morgan fingerprint density at radius 3 is 2.52 bits per heavy atom. The van der Waals surface area contributed by atoms with Gasteiger partial charge in [-0.1, -0.05) is 30.3 Å². The number of ether oxygens (including phenoxy) is 2. The summed E-state index contributed by atoms with van der Waals surface area (Å²) in [5.74, 6) is 0.544. The van der Waals surface area contributed by atoms with Gasteiger partial charge in [0, 0.05) is 39.8 Å². The first kappa shape index (κ1) is 21.1. The summed E-state index contributed by atoms with van der Waals surface area (Å²) in [7, 11) is 3.18. The predicted octanol–water partition coefficient (Wildman–Crippen LogP) is 2.53. The van der Waals surface area contributed by atoms with E-state index in [0.29, 0.717) is 19.0 Å². The molecule has 0 aromatic heterocycles. The van der Waals surface area contributed by atoms with Crippen LogP contribution in [0.2, 0.25) is 0 Å². The molecule has 2 aromatic carbocycles. The van der Waals surface area contributed by atoms with Gasteiger partial charge in [-0.2, -0.15) is 0 Å². The van der Waals surface area contributed by atoms with Gasteiger partial charge in [0.25, 0.3) is 0 Å². The molecule has 7 heteroatoms. The second-order valence-electron chi connectivity index (χ2n) is 6.91. The number of hydrogen-bond donors (Lipinski definition) is 2. The summed E-state index contributed by atoms with van der Waals surface area (Å²) in [6.07, 6.45) is 0. The average Bonchev–Trinajstić information content (AvgIpc) is 2.76. The molecular weight excluding hydrogens is 371 g/mol. The highest BCUT2D eigenvalue weighted by Crippen LogP contribution is 2.17. The molecule has 2 N–H and O–H groups in total. The summed E-state index contributed by atoms with van der Waals surface area (Å²) in [6.45, 7) is 5.56. The number of aliphatic imine (C=N–C) groups is 1. The minimum absolute atomic E-state index is 0.244. The third-order valence-corrected chi connectivity index (χ3v) is 4.96. The third kappa shape index (κ3) is 6.17. The number of hydrogen-bond acceptors (Lipinski definition) is 4. The maximum absolute atomic E-state index is 13.9. The van der Waals surface area contributed by atoms with Crippen LogP contribution in [-0.4, -0.2) is 51.3 Å². The smallest absolute Gasteiger partial charge is 0.191 e. The second kappa shape index (κ2) is 10.8. The number of halogens is 1. The molecule has 3 rings (SSSR count). The summed E-state index contributed by atoms with van der Waals surface area (Å²) >= 11 is 0. The quantitative estimate of drug-likeness (QED) is 0.553. The van der Waals surface area contributed by atoms with E-state index in [-0.39, 0.29) is 11.6 Å². The standard InChI is InChI=1S/C22H29FN4O2/c1-24-22(25-14-17-7-8-21(28-2)20(23)13-17)26-15-18-5-3-4-6-19(18)16-27-9-11-29-12-10-27/h3-8,13H,9-12,14-16H2,1-2H3,(H2,24,25,26). The molecule has 0 spiro atoms. The minimum atomic E-state index is -0.369. The predicted molar refractivity (Wildman–Crippen MR) is 113 cm³/mol. The SMILES string of the molecule is CN=C(NCc1ccc(OC)c(F)c1)NCc1ccccc1CN1CCOCC1. The van der Waals surface area contributed by atoms with E-state index in [2.05, 4.69) is 44.8 Å². The molecule has 0 aliphatic carbocycles. The lowest BCUT2D eigenvalue weighted by atomic mass is 10.1. The van der Waals surface area contributed by atoms with Crippen molar-refractivity contribution in [1.29, 1.82) is 0 Å².